The van der Waals surface area contributed by atoms with E-state index in [0.717, 1.165) is 11.5 Å². The van der Waals surface area contributed by atoms with Crippen molar-refractivity contribution in [3.05, 3.63) is 58.1 Å². The predicted molar refractivity (Wildman–Crippen MR) is 76.6 cm³/mol. The highest BCUT2D eigenvalue weighted by molar-refractivity contribution is 5.54. The van der Waals surface area contributed by atoms with Crippen LogP contribution in [-0.2, 0) is 0 Å². The van der Waals surface area contributed by atoms with Gasteiger partial charge in [-0.15, -0.1) is 0 Å². The van der Waals surface area contributed by atoms with Crippen LogP contribution < -0.4 is 4.74 Å². The summed E-state index contributed by atoms with van der Waals surface area (Å²) in [6.45, 7) is 10.8. The first-order valence-electron chi connectivity index (χ1n) is 6.32. The summed E-state index contributed by atoms with van der Waals surface area (Å²) in [5.41, 5.74) is 6.48. The molecule has 1 nitrogen and oxygen atoms in total. The van der Waals surface area contributed by atoms with Crippen LogP contribution in [0.25, 0.3) is 0 Å². The second-order valence-corrected chi connectivity index (χ2v) is 4.87. The van der Waals surface area contributed by atoms with Crippen molar-refractivity contribution in [1.82, 2.24) is 0 Å². The molecule has 2 rings (SSSR count). The third kappa shape index (κ3) is 2.13. The first-order chi connectivity index (χ1) is 8.52. The van der Waals surface area contributed by atoms with Gasteiger partial charge >= 0.3 is 0 Å². The molecule has 2 aromatic carbocycles. The van der Waals surface area contributed by atoms with Crippen molar-refractivity contribution < 1.29 is 4.74 Å². The van der Waals surface area contributed by atoms with E-state index in [1.54, 1.807) is 0 Å². The second kappa shape index (κ2) is 4.85. The molecule has 0 aliphatic rings. The van der Waals surface area contributed by atoms with Crippen molar-refractivity contribution in [3.8, 4) is 11.5 Å². The third-order valence-corrected chi connectivity index (χ3v) is 3.89. The molecule has 0 aliphatic heterocycles. The van der Waals surface area contributed by atoms with Gasteiger partial charge in [0.2, 0.25) is 0 Å². The minimum absolute atomic E-state index is 0.895. The lowest BCUT2D eigenvalue weighted by Gasteiger charge is -2.18. The highest BCUT2D eigenvalue weighted by atomic mass is 16.5. The maximum Gasteiger partial charge on any atom is 0.133 e. The van der Waals surface area contributed by atoms with Crippen molar-refractivity contribution in [1.29, 1.82) is 0 Å². The quantitative estimate of drug-likeness (QED) is 0.716. The van der Waals surface area contributed by atoms with E-state index in [4.69, 9.17) is 4.74 Å². The fourth-order valence-electron chi connectivity index (χ4n) is 2.23. The van der Waals surface area contributed by atoms with Crippen LogP contribution in [0.2, 0.25) is 0 Å². The number of hydrogen-bond donors (Lipinski definition) is 0. The lowest BCUT2D eigenvalue weighted by molar-refractivity contribution is 0.473. The second-order valence-electron chi connectivity index (χ2n) is 4.87. The molecule has 0 unspecified atom stereocenters. The molecule has 2 aromatic rings. The Morgan fingerprint density at radius 2 is 1.06 bits per heavy atom. The summed E-state index contributed by atoms with van der Waals surface area (Å²) in [7, 11) is 0. The number of ether oxygens (including phenoxy) is 1. The van der Waals surface area contributed by atoms with Gasteiger partial charge in [0.05, 0.1) is 0 Å². The molecule has 0 N–H and O–H groups in total. The predicted octanol–water partition coefficient (Wildman–Crippen LogP) is 5.02. The number of para-hydroxylation sites is 1. The van der Waals surface area contributed by atoms with Gasteiger partial charge in [-0.05, 0) is 74.6 Å². The van der Waals surface area contributed by atoms with Gasteiger partial charge in [-0.25, -0.2) is 0 Å². The summed E-state index contributed by atoms with van der Waals surface area (Å²) in [5, 5.41) is 0. The Morgan fingerprint density at radius 3 is 1.56 bits per heavy atom. The van der Waals surface area contributed by atoms with Crippen molar-refractivity contribution in [3.63, 3.8) is 0 Å². The summed E-state index contributed by atoms with van der Waals surface area (Å²) < 4.78 is 6.06. The van der Waals surface area contributed by atoms with Crippen LogP contribution in [0.5, 0.6) is 11.5 Å². The first kappa shape index (κ1) is 12.7. The van der Waals surface area contributed by atoms with E-state index in [2.05, 4.69) is 34.6 Å². The Hall–Kier alpha value is -1.76. The molecule has 0 bridgehead atoms. The van der Waals surface area contributed by atoms with E-state index in [1.807, 2.05) is 30.3 Å². The Kier molecular flexibility index (Phi) is 3.42. The largest absolute Gasteiger partial charge is 0.457 e. The molecular weight excluding hydrogens is 220 g/mol. The van der Waals surface area contributed by atoms with E-state index >= 15 is 0 Å². The Labute approximate surface area is 109 Å². The molecule has 0 spiro atoms. The summed E-state index contributed by atoms with van der Waals surface area (Å²) in [6, 6.07) is 9.97. The van der Waals surface area contributed by atoms with Crippen LogP contribution >= 0.6 is 0 Å². The van der Waals surface area contributed by atoms with E-state index in [0.29, 0.717) is 0 Å². The minimum Gasteiger partial charge on any atom is -0.457 e. The number of rotatable bonds is 2. The van der Waals surface area contributed by atoms with E-state index in [1.165, 1.54) is 27.8 Å². The monoisotopic (exact) mass is 240 g/mol. The van der Waals surface area contributed by atoms with Crippen LogP contribution in [0.3, 0.4) is 0 Å². The van der Waals surface area contributed by atoms with Gasteiger partial charge in [-0.3, -0.25) is 0 Å². The van der Waals surface area contributed by atoms with Crippen LogP contribution in [0.15, 0.2) is 30.3 Å². The molecule has 1 heteroatoms. The molecule has 18 heavy (non-hydrogen) atoms. The van der Waals surface area contributed by atoms with Crippen LogP contribution in [0.1, 0.15) is 27.8 Å². The fourth-order valence-corrected chi connectivity index (χ4v) is 2.23. The number of hydrogen-bond acceptors (Lipinski definition) is 1. The third-order valence-electron chi connectivity index (χ3n) is 3.89. The minimum atomic E-state index is 0.895. The van der Waals surface area contributed by atoms with Gasteiger partial charge < -0.3 is 4.74 Å². The molecule has 94 valence electrons. The van der Waals surface area contributed by atoms with Gasteiger partial charge in [0.15, 0.2) is 0 Å². The van der Waals surface area contributed by atoms with Crippen LogP contribution in [0, 0.1) is 34.6 Å². The molecule has 0 amide bonds. The molecule has 0 heterocycles. The zero-order valence-electron chi connectivity index (χ0n) is 11.8. The maximum absolute atomic E-state index is 6.06. The van der Waals surface area contributed by atoms with Gasteiger partial charge in [0.25, 0.3) is 0 Å². The average Bonchev–Trinajstić information content (AvgIpc) is 2.40. The fraction of sp³-hybridized carbons (Fsp3) is 0.294. The Balaban J connectivity index is 2.52. The summed E-state index contributed by atoms with van der Waals surface area (Å²) in [5.74, 6) is 1.90. The van der Waals surface area contributed by atoms with Gasteiger partial charge in [-0.2, -0.15) is 0 Å². The summed E-state index contributed by atoms with van der Waals surface area (Å²) >= 11 is 0. The summed E-state index contributed by atoms with van der Waals surface area (Å²) in [6.07, 6.45) is 0. The molecule has 0 aliphatic carbocycles. The SMILES string of the molecule is Cc1c(C)c(C)c(Oc2ccccc2)c(C)c1C. The van der Waals surface area contributed by atoms with Gasteiger partial charge in [-0.1, -0.05) is 18.2 Å². The Morgan fingerprint density at radius 1 is 0.611 bits per heavy atom. The molecular formula is C17H20O. The topological polar surface area (TPSA) is 9.23 Å². The summed E-state index contributed by atoms with van der Waals surface area (Å²) in [4.78, 5) is 0. The highest BCUT2D eigenvalue weighted by Crippen LogP contribution is 2.34. The molecule has 0 fully saturated rings. The zero-order chi connectivity index (χ0) is 13.3. The van der Waals surface area contributed by atoms with Gasteiger partial charge in [0.1, 0.15) is 11.5 Å². The van der Waals surface area contributed by atoms with Crippen LogP contribution in [0.4, 0.5) is 0 Å². The molecule has 0 atom stereocenters. The normalized spacial score (nSPS) is 10.5. The standard InChI is InChI=1S/C17H20O/c1-11-12(2)14(4)17(15(5)13(11)3)18-16-9-7-6-8-10-16/h6-10H,1-5H3. The molecule has 0 saturated carbocycles. The highest BCUT2D eigenvalue weighted by Gasteiger charge is 2.13. The van der Waals surface area contributed by atoms with Crippen molar-refractivity contribution in [2.24, 2.45) is 0 Å². The van der Waals surface area contributed by atoms with Crippen molar-refractivity contribution >= 4 is 0 Å². The molecule has 0 saturated heterocycles. The van der Waals surface area contributed by atoms with Crippen molar-refractivity contribution in [2.75, 3.05) is 0 Å². The van der Waals surface area contributed by atoms with E-state index in [-0.39, 0.29) is 0 Å². The van der Waals surface area contributed by atoms with E-state index < -0.39 is 0 Å². The van der Waals surface area contributed by atoms with Crippen LogP contribution in [-0.4, -0.2) is 0 Å². The smallest absolute Gasteiger partial charge is 0.133 e. The lowest BCUT2D eigenvalue weighted by Crippen LogP contribution is -1.99. The van der Waals surface area contributed by atoms with E-state index in [9.17, 15) is 0 Å². The number of benzene rings is 2. The first-order valence-corrected chi connectivity index (χ1v) is 6.32. The average molecular weight is 240 g/mol. The molecule has 0 aromatic heterocycles. The Bertz CT molecular complexity index is 539. The van der Waals surface area contributed by atoms with Crippen molar-refractivity contribution in [2.45, 2.75) is 34.6 Å². The van der Waals surface area contributed by atoms with Gasteiger partial charge in [0, 0.05) is 0 Å². The lowest BCUT2D eigenvalue weighted by atomic mass is 9.94. The zero-order valence-corrected chi connectivity index (χ0v) is 11.8. The maximum atomic E-state index is 6.06. The molecule has 0 radical (unpaired) electrons.